The second-order valence-corrected chi connectivity index (χ2v) is 7.73. The Morgan fingerprint density at radius 1 is 1.21 bits per heavy atom. The molecule has 0 saturated heterocycles. The molecule has 0 aliphatic heterocycles. The lowest BCUT2D eigenvalue weighted by Gasteiger charge is -2.07. The molecule has 0 saturated carbocycles. The van der Waals surface area contributed by atoms with E-state index in [4.69, 9.17) is 5.73 Å². The van der Waals surface area contributed by atoms with Gasteiger partial charge in [-0.05, 0) is 49.4 Å². The molecule has 0 bridgehead atoms. The number of benzene rings is 1. The van der Waals surface area contributed by atoms with Crippen molar-refractivity contribution in [1.29, 1.82) is 0 Å². The molecule has 2 amide bonds. The summed E-state index contributed by atoms with van der Waals surface area (Å²) >= 11 is 4.59. The number of carbonyl (C=O) groups is 2. The molecule has 7 heteroatoms. The van der Waals surface area contributed by atoms with E-state index in [0.29, 0.717) is 15.0 Å². The van der Waals surface area contributed by atoms with Gasteiger partial charge in [0.1, 0.15) is 10.8 Å². The fourth-order valence-electron chi connectivity index (χ4n) is 2.93. The normalized spacial score (nSPS) is 13.9. The Balaban J connectivity index is 1.96. The van der Waals surface area contributed by atoms with Crippen molar-refractivity contribution in [2.45, 2.75) is 32.1 Å². The van der Waals surface area contributed by atoms with Gasteiger partial charge < -0.3 is 11.1 Å². The third-order valence-electron chi connectivity index (χ3n) is 4.07. The average Bonchev–Trinajstić information content (AvgIpc) is 2.71. The summed E-state index contributed by atoms with van der Waals surface area (Å²) in [5.74, 6) is -1.76. The van der Waals surface area contributed by atoms with E-state index in [-0.39, 0.29) is 5.56 Å². The van der Waals surface area contributed by atoms with Gasteiger partial charge >= 0.3 is 0 Å². The van der Waals surface area contributed by atoms with Gasteiger partial charge in [-0.3, -0.25) is 9.59 Å². The van der Waals surface area contributed by atoms with Gasteiger partial charge in [0, 0.05) is 9.35 Å². The Morgan fingerprint density at radius 3 is 2.71 bits per heavy atom. The largest absolute Gasteiger partial charge is 0.365 e. The second-order valence-electron chi connectivity index (χ2n) is 5.71. The molecule has 2 aromatic rings. The first kappa shape index (κ1) is 17.1. The van der Waals surface area contributed by atoms with Crippen molar-refractivity contribution in [3.8, 4) is 0 Å². The summed E-state index contributed by atoms with van der Waals surface area (Å²) in [6.07, 6.45) is 4.83. The molecule has 1 aliphatic rings. The molecule has 4 nitrogen and oxygen atoms in total. The van der Waals surface area contributed by atoms with Crippen LogP contribution in [0.25, 0.3) is 0 Å². The Hall–Kier alpha value is -1.73. The van der Waals surface area contributed by atoms with Gasteiger partial charge in [0.15, 0.2) is 0 Å². The highest BCUT2D eigenvalue weighted by atomic mass is 79.9. The first-order valence-corrected chi connectivity index (χ1v) is 9.29. The summed E-state index contributed by atoms with van der Waals surface area (Å²) in [5.41, 5.74) is 6.77. The highest BCUT2D eigenvalue weighted by Crippen LogP contribution is 2.37. The SMILES string of the molecule is NC(=O)c1c(NC(=O)c2cc(Br)ccc2F)sc2c1CCCCC2. The molecule has 24 heavy (non-hydrogen) atoms. The van der Waals surface area contributed by atoms with Crippen LogP contribution in [0.3, 0.4) is 0 Å². The molecule has 1 heterocycles. The van der Waals surface area contributed by atoms with E-state index in [0.717, 1.165) is 42.5 Å². The van der Waals surface area contributed by atoms with Crippen LogP contribution in [-0.4, -0.2) is 11.8 Å². The first-order valence-electron chi connectivity index (χ1n) is 7.68. The molecule has 0 unspecified atom stereocenters. The number of carbonyl (C=O) groups excluding carboxylic acids is 2. The van der Waals surface area contributed by atoms with Crippen LogP contribution in [0.2, 0.25) is 0 Å². The van der Waals surface area contributed by atoms with Gasteiger partial charge in [0.2, 0.25) is 0 Å². The number of anilines is 1. The van der Waals surface area contributed by atoms with Crippen LogP contribution in [0.15, 0.2) is 22.7 Å². The molecule has 1 aromatic heterocycles. The quantitative estimate of drug-likeness (QED) is 0.741. The Bertz CT molecular complexity index is 819. The molecule has 3 N–H and O–H groups in total. The highest BCUT2D eigenvalue weighted by molar-refractivity contribution is 9.10. The Morgan fingerprint density at radius 2 is 1.96 bits per heavy atom. The topological polar surface area (TPSA) is 72.2 Å². The minimum absolute atomic E-state index is 0.0802. The van der Waals surface area contributed by atoms with Crippen LogP contribution in [-0.2, 0) is 12.8 Å². The van der Waals surface area contributed by atoms with Crippen molar-refractivity contribution in [1.82, 2.24) is 0 Å². The van der Waals surface area contributed by atoms with E-state index < -0.39 is 17.6 Å². The number of nitrogens with one attached hydrogen (secondary N) is 1. The van der Waals surface area contributed by atoms with Crippen LogP contribution in [0, 0.1) is 5.82 Å². The zero-order chi connectivity index (χ0) is 17.3. The summed E-state index contributed by atoms with van der Waals surface area (Å²) < 4.78 is 14.5. The first-order chi connectivity index (χ1) is 11.5. The number of nitrogens with two attached hydrogens (primary N) is 1. The number of aryl methyl sites for hydroxylation is 1. The zero-order valence-electron chi connectivity index (χ0n) is 12.8. The molecule has 0 atom stereocenters. The van der Waals surface area contributed by atoms with Gasteiger partial charge in [0.05, 0.1) is 11.1 Å². The summed E-state index contributed by atoms with van der Waals surface area (Å²) in [6, 6.07) is 4.15. The van der Waals surface area contributed by atoms with E-state index in [9.17, 15) is 14.0 Å². The van der Waals surface area contributed by atoms with Crippen LogP contribution in [0.5, 0.6) is 0 Å². The Labute approximate surface area is 151 Å². The highest BCUT2D eigenvalue weighted by Gasteiger charge is 2.25. The summed E-state index contributed by atoms with van der Waals surface area (Å²) in [4.78, 5) is 25.4. The Kier molecular flexibility index (Phi) is 5.01. The van der Waals surface area contributed by atoms with Crippen molar-refractivity contribution >= 4 is 44.1 Å². The third kappa shape index (κ3) is 3.37. The smallest absolute Gasteiger partial charge is 0.259 e. The van der Waals surface area contributed by atoms with Gasteiger partial charge in [-0.1, -0.05) is 22.4 Å². The lowest BCUT2D eigenvalue weighted by atomic mass is 10.1. The maximum atomic E-state index is 13.9. The number of thiophene rings is 1. The molecular weight excluding hydrogens is 395 g/mol. The maximum absolute atomic E-state index is 13.9. The minimum Gasteiger partial charge on any atom is -0.365 e. The van der Waals surface area contributed by atoms with Crippen molar-refractivity contribution in [3.05, 3.63) is 50.1 Å². The van der Waals surface area contributed by atoms with E-state index in [1.807, 2.05) is 0 Å². The zero-order valence-corrected chi connectivity index (χ0v) is 15.2. The third-order valence-corrected chi connectivity index (χ3v) is 5.77. The van der Waals surface area contributed by atoms with Crippen LogP contribution in [0.1, 0.15) is 50.4 Å². The molecule has 0 fully saturated rings. The fraction of sp³-hybridized carbons (Fsp3) is 0.294. The standard InChI is InChI=1S/C17H16BrFN2O2S/c18-9-6-7-12(19)11(8-9)16(23)21-17-14(15(20)22)10-4-2-1-3-5-13(10)24-17/h6-8H,1-5H2,(H2,20,22)(H,21,23). The van der Waals surface area contributed by atoms with Crippen LogP contribution < -0.4 is 11.1 Å². The molecule has 0 spiro atoms. The van der Waals surface area contributed by atoms with E-state index in [1.54, 1.807) is 0 Å². The molecule has 1 aromatic carbocycles. The summed E-state index contributed by atoms with van der Waals surface area (Å²) in [5, 5.41) is 3.09. The van der Waals surface area contributed by atoms with Crippen molar-refractivity contribution in [2.24, 2.45) is 5.73 Å². The number of rotatable bonds is 3. The molecule has 1 aliphatic carbocycles. The van der Waals surface area contributed by atoms with Gasteiger partial charge in [-0.15, -0.1) is 11.3 Å². The van der Waals surface area contributed by atoms with E-state index >= 15 is 0 Å². The lowest BCUT2D eigenvalue weighted by Crippen LogP contribution is -2.18. The molecule has 126 valence electrons. The van der Waals surface area contributed by atoms with Gasteiger partial charge in [-0.2, -0.15) is 0 Å². The van der Waals surface area contributed by atoms with Crippen LogP contribution in [0.4, 0.5) is 9.39 Å². The summed E-state index contributed by atoms with van der Waals surface area (Å²) in [6.45, 7) is 0. The number of amides is 2. The molecular formula is C17H16BrFN2O2S. The van der Waals surface area contributed by atoms with Gasteiger partial charge in [0.25, 0.3) is 11.8 Å². The monoisotopic (exact) mass is 410 g/mol. The number of primary amides is 1. The van der Waals surface area contributed by atoms with Gasteiger partial charge in [-0.25, -0.2) is 4.39 Å². The number of fused-ring (bicyclic) bond motifs is 1. The summed E-state index contributed by atoms with van der Waals surface area (Å²) in [7, 11) is 0. The molecule has 3 rings (SSSR count). The minimum atomic E-state index is -0.616. The fourth-order valence-corrected chi connectivity index (χ4v) is 4.58. The van der Waals surface area contributed by atoms with Crippen molar-refractivity contribution in [2.75, 3.05) is 5.32 Å². The average molecular weight is 411 g/mol. The van der Waals surface area contributed by atoms with E-state index in [2.05, 4.69) is 21.2 Å². The number of hydrogen-bond acceptors (Lipinski definition) is 3. The van der Waals surface area contributed by atoms with E-state index in [1.165, 1.54) is 29.5 Å². The molecule has 0 radical (unpaired) electrons. The number of hydrogen-bond donors (Lipinski definition) is 2. The predicted molar refractivity (Wildman–Crippen MR) is 96.1 cm³/mol. The maximum Gasteiger partial charge on any atom is 0.259 e. The van der Waals surface area contributed by atoms with Crippen LogP contribution >= 0.6 is 27.3 Å². The van der Waals surface area contributed by atoms with Crippen molar-refractivity contribution in [3.63, 3.8) is 0 Å². The second kappa shape index (κ2) is 7.03. The predicted octanol–water partition coefficient (Wildman–Crippen LogP) is 4.27. The lowest BCUT2D eigenvalue weighted by molar-refractivity contribution is 0.100. The van der Waals surface area contributed by atoms with Crippen molar-refractivity contribution < 1.29 is 14.0 Å². The number of halogens is 2.